The molecule has 0 aliphatic carbocycles. The maximum absolute atomic E-state index is 12.1. The lowest BCUT2D eigenvalue weighted by atomic mass is 9.93. The number of anilines is 1. The van der Waals surface area contributed by atoms with E-state index in [-0.39, 0.29) is 25.1 Å². The molecular formula is C13H21N3O4S. The third-order valence-corrected chi connectivity index (χ3v) is 3.42. The zero-order valence-electron chi connectivity index (χ0n) is 12.7. The first kappa shape index (κ1) is 17.4. The number of amides is 2. The van der Waals surface area contributed by atoms with Gasteiger partial charge in [-0.15, -0.1) is 11.3 Å². The predicted octanol–water partition coefficient (Wildman–Crippen LogP) is 2.01. The molecule has 0 aliphatic rings. The van der Waals surface area contributed by atoms with Crippen LogP contribution in [0, 0.1) is 0 Å². The van der Waals surface area contributed by atoms with E-state index in [0.29, 0.717) is 5.13 Å². The molecule has 1 rings (SSSR count). The molecule has 0 fully saturated rings. The lowest BCUT2D eigenvalue weighted by Crippen LogP contribution is -2.40. The Morgan fingerprint density at radius 2 is 2.14 bits per heavy atom. The van der Waals surface area contributed by atoms with Crippen LogP contribution in [0.3, 0.4) is 0 Å². The monoisotopic (exact) mass is 315 g/mol. The van der Waals surface area contributed by atoms with Crippen LogP contribution in [-0.2, 0) is 14.9 Å². The highest BCUT2D eigenvalue weighted by Gasteiger charge is 2.20. The molecule has 1 aromatic heterocycles. The number of urea groups is 1. The van der Waals surface area contributed by atoms with E-state index in [2.05, 4.69) is 10.3 Å². The Labute approximate surface area is 127 Å². The van der Waals surface area contributed by atoms with E-state index in [0.717, 1.165) is 5.69 Å². The smallest absolute Gasteiger partial charge is 0.324 e. The summed E-state index contributed by atoms with van der Waals surface area (Å²) in [4.78, 5) is 28.4. The number of nitrogens with zero attached hydrogens (tertiary/aromatic N) is 2. The highest BCUT2D eigenvalue weighted by Crippen LogP contribution is 2.26. The second-order valence-corrected chi connectivity index (χ2v) is 6.38. The van der Waals surface area contributed by atoms with Gasteiger partial charge in [-0.25, -0.2) is 9.78 Å². The van der Waals surface area contributed by atoms with Crippen LogP contribution < -0.4 is 5.32 Å². The van der Waals surface area contributed by atoms with Crippen molar-refractivity contribution in [1.82, 2.24) is 9.88 Å². The molecule has 0 aromatic carbocycles. The van der Waals surface area contributed by atoms with E-state index in [1.807, 2.05) is 26.2 Å². The molecule has 0 bridgehead atoms. The van der Waals surface area contributed by atoms with Crippen LogP contribution in [-0.4, -0.2) is 53.8 Å². The van der Waals surface area contributed by atoms with E-state index in [4.69, 9.17) is 9.84 Å². The number of ether oxygens (including phenoxy) is 1. The summed E-state index contributed by atoms with van der Waals surface area (Å²) in [5.74, 6) is -1.07. The maximum atomic E-state index is 12.1. The largest absolute Gasteiger partial charge is 0.480 e. The molecule has 0 atom stereocenters. The molecule has 0 spiro atoms. The van der Waals surface area contributed by atoms with Crippen LogP contribution >= 0.6 is 11.3 Å². The first-order chi connectivity index (χ1) is 9.74. The first-order valence-electron chi connectivity index (χ1n) is 6.46. The van der Waals surface area contributed by atoms with Gasteiger partial charge in [-0.3, -0.25) is 10.1 Å². The first-order valence-corrected chi connectivity index (χ1v) is 7.34. The third kappa shape index (κ3) is 5.68. The molecule has 1 heterocycles. The van der Waals surface area contributed by atoms with Gasteiger partial charge >= 0.3 is 12.0 Å². The minimum atomic E-state index is -1.07. The molecule has 118 valence electrons. The van der Waals surface area contributed by atoms with Crippen LogP contribution in [0.1, 0.15) is 26.5 Å². The highest BCUT2D eigenvalue weighted by molar-refractivity contribution is 7.13. The topological polar surface area (TPSA) is 91.8 Å². The zero-order valence-corrected chi connectivity index (χ0v) is 13.5. The van der Waals surface area contributed by atoms with Gasteiger partial charge in [0.2, 0.25) is 0 Å². The quantitative estimate of drug-likeness (QED) is 0.838. The second-order valence-electron chi connectivity index (χ2n) is 5.53. The van der Waals surface area contributed by atoms with E-state index < -0.39 is 12.0 Å². The van der Waals surface area contributed by atoms with E-state index in [1.165, 1.54) is 23.3 Å². The fraction of sp³-hybridized carbons (Fsp3) is 0.615. The summed E-state index contributed by atoms with van der Waals surface area (Å²) in [5.41, 5.74) is 0.778. The van der Waals surface area contributed by atoms with E-state index in [1.54, 1.807) is 0 Å². The van der Waals surface area contributed by atoms with Gasteiger partial charge in [-0.2, -0.15) is 0 Å². The van der Waals surface area contributed by atoms with Gasteiger partial charge in [0.25, 0.3) is 0 Å². The van der Waals surface area contributed by atoms with E-state index >= 15 is 0 Å². The number of carbonyl (C=O) groups is 2. The molecule has 21 heavy (non-hydrogen) atoms. The average molecular weight is 315 g/mol. The maximum Gasteiger partial charge on any atom is 0.324 e. The molecule has 1 aromatic rings. The normalized spacial score (nSPS) is 11.2. The number of carboxylic acid groups (broad SMARTS) is 1. The number of hydrogen-bond donors (Lipinski definition) is 2. The van der Waals surface area contributed by atoms with Crippen LogP contribution in [0.25, 0.3) is 0 Å². The molecule has 2 amide bonds. The number of carbonyl (C=O) groups excluding carboxylic acids is 1. The van der Waals surface area contributed by atoms with Crippen molar-refractivity contribution in [1.29, 1.82) is 0 Å². The zero-order chi connectivity index (χ0) is 16.0. The standard InChI is InChI=1S/C13H21N3O4S/c1-13(2,3)9-8-21-11(14-9)15-12(19)16(5-6-20-4)7-10(17)18/h8H,5-7H2,1-4H3,(H,17,18)(H,14,15,19). The summed E-state index contributed by atoms with van der Waals surface area (Å²) < 4.78 is 4.88. The summed E-state index contributed by atoms with van der Waals surface area (Å²) in [6, 6.07) is -0.496. The van der Waals surface area contributed by atoms with Gasteiger partial charge in [0.05, 0.1) is 12.3 Å². The number of carboxylic acids is 1. The van der Waals surface area contributed by atoms with Crippen molar-refractivity contribution in [3.63, 3.8) is 0 Å². The summed E-state index contributed by atoms with van der Waals surface area (Å²) >= 11 is 1.32. The number of rotatable bonds is 6. The summed E-state index contributed by atoms with van der Waals surface area (Å²) in [7, 11) is 1.49. The third-order valence-electron chi connectivity index (χ3n) is 2.67. The minimum absolute atomic E-state index is 0.101. The Bertz CT molecular complexity index is 496. The molecule has 2 N–H and O–H groups in total. The van der Waals surface area contributed by atoms with Gasteiger partial charge in [-0.05, 0) is 0 Å². The number of aliphatic carboxylic acids is 1. The van der Waals surface area contributed by atoms with Crippen molar-refractivity contribution >= 4 is 28.5 Å². The number of aromatic nitrogens is 1. The second kappa shape index (κ2) is 7.37. The van der Waals surface area contributed by atoms with Crippen LogP contribution in [0.4, 0.5) is 9.93 Å². The molecule has 0 saturated carbocycles. The number of nitrogens with one attached hydrogen (secondary N) is 1. The van der Waals surface area contributed by atoms with Crippen molar-refractivity contribution in [2.45, 2.75) is 26.2 Å². The van der Waals surface area contributed by atoms with Gasteiger partial charge in [0.15, 0.2) is 5.13 Å². The molecule has 0 saturated heterocycles. The summed E-state index contributed by atoms with van der Waals surface area (Å²) in [6.45, 7) is 6.18. The molecule has 7 nitrogen and oxygen atoms in total. The lowest BCUT2D eigenvalue weighted by molar-refractivity contribution is -0.137. The van der Waals surface area contributed by atoms with Crippen molar-refractivity contribution in [2.75, 3.05) is 32.1 Å². The van der Waals surface area contributed by atoms with Crippen LogP contribution in [0.15, 0.2) is 5.38 Å². The Balaban J connectivity index is 2.71. The Kier molecular flexibility index (Phi) is 6.10. The van der Waals surface area contributed by atoms with Crippen molar-refractivity contribution < 1.29 is 19.4 Å². The van der Waals surface area contributed by atoms with Gasteiger partial charge < -0.3 is 14.7 Å². The molecule has 0 aliphatic heterocycles. The van der Waals surface area contributed by atoms with Gasteiger partial charge in [0, 0.05) is 24.4 Å². The number of methoxy groups -OCH3 is 1. The Morgan fingerprint density at radius 3 is 2.62 bits per heavy atom. The van der Waals surface area contributed by atoms with Crippen molar-refractivity contribution in [3.05, 3.63) is 11.1 Å². The number of hydrogen-bond acceptors (Lipinski definition) is 5. The molecule has 8 heteroatoms. The van der Waals surface area contributed by atoms with Crippen molar-refractivity contribution in [3.8, 4) is 0 Å². The van der Waals surface area contributed by atoms with E-state index in [9.17, 15) is 9.59 Å². The number of thiazole rings is 1. The van der Waals surface area contributed by atoms with Crippen LogP contribution in [0.2, 0.25) is 0 Å². The molecule has 0 radical (unpaired) electrons. The predicted molar refractivity (Wildman–Crippen MR) is 80.9 cm³/mol. The Morgan fingerprint density at radius 1 is 1.48 bits per heavy atom. The Hall–Kier alpha value is -1.67. The van der Waals surface area contributed by atoms with Crippen molar-refractivity contribution in [2.24, 2.45) is 0 Å². The summed E-state index contributed by atoms with van der Waals surface area (Å²) in [5, 5.41) is 13.8. The molecule has 0 unspecified atom stereocenters. The lowest BCUT2D eigenvalue weighted by Gasteiger charge is -2.20. The SMILES string of the molecule is COCCN(CC(=O)O)C(=O)Nc1nc(C(C)(C)C)cs1. The average Bonchev–Trinajstić information content (AvgIpc) is 2.82. The molecular weight excluding hydrogens is 294 g/mol. The fourth-order valence-electron chi connectivity index (χ4n) is 1.46. The van der Waals surface area contributed by atoms with Gasteiger partial charge in [0.1, 0.15) is 6.54 Å². The minimum Gasteiger partial charge on any atom is -0.480 e. The van der Waals surface area contributed by atoms with Crippen LogP contribution in [0.5, 0.6) is 0 Å². The highest BCUT2D eigenvalue weighted by atomic mass is 32.1. The fourth-order valence-corrected chi connectivity index (χ4v) is 2.39. The summed E-state index contributed by atoms with van der Waals surface area (Å²) in [6.07, 6.45) is 0. The van der Waals surface area contributed by atoms with Gasteiger partial charge in [-0.1, -0.05) is 20.8 Å².